The number of hydrogen-bond acceptors (Lipinski definition) is 4. The molecular weight excluding hydrogens is 232 g/mol. The third-order valence-corrected chi connectivity index (χ3v) is 2.84. The molecule has 4 nitrogen and oxygen atoms in total. The smallest absolute Gasteiger partial charge is 0.320 e. The van der Waals surface area contributed by atoms with Gasteiger partial charge in [0.05, 0.1) is 13.2 Å². The SMILES string of the molecule is CCOC(=O)CN1CCN(C(=S)S)CC1. The Morgan fingerprint density at radius 2 is 2.00 bits per heavy atom. The molecule has 0 unspecified atom stereocenters. The first-order valence-electron chi connectivity index (χ1n) is 4.99. The van der Waals surface area contributed by atoms with Crippen LogP contribution in [0.15, 0.2) is 0 Å². The Morgan fingerprint density at radius 1 is 1.40 bits per heavy atom. The predicted molar refractivity (Wildman–Crippen MR) is 66.2 cm³/mol. The second-order valence-electron chi connectivity index (χ2n) is 3.35. The van der Waals surface area contributed by atoms with Crippen LogP contribution in [0.5, 0.6) is 0 Å². The largest absolute Gasteiger partial charge is 0.465 e. The van der Waals surface area contributed by atoms with Gasteiger partial charge in [0.1, 0.15) is 4.32 Å². The van der Waals surface area contributed by atoms with Crippen molar-refractivity contribution in [3.63, 3.8) is 0 Å². The topological polar surface area (TPSA) is 32.8 Å². The summed E-state index contributed by atoms with van der Waals surface area (Å²) >= 11 is 9.08. The zero-order chi connectivity index (χ0) is 11.3. The molecule has 0 saturated carbocycles. The average Bonchev–Trinajstić information content (AvgIpc) is 2.18. The van der Waals surface area contributed by atoms with Crippen molar-refractivity contribution >= 4 is 35.1 Å². The third-order valence-electron chi connectivity index (χ3n) is 2.30. The van der Waals surface area contributed by atoms with Gasteiger partial charge in [-0.15, -0.1) is 12.6 Å². The molecule has 0 bridgehead atoms. The van der Waals surface area contributed by atoms with E-state index in [1.54, 1.807) is 0 Å². The average molecular weight is 248 g/mol. The normalized spacial score (nSPS) is 17.6. The fourth-order valence-corrected chi connectivity index (χ4v) is 1.87. The molecule has 0 radical (unpaired) electrons. The van der Waals surface area contributed by atoms with E-state index in [-0.39, 0.29) is 5.97 Å². The first-order chi connectivity index (χ1) is 7.13. The van der Waals surface area contributed by atoms with E-state index < -0.39 is 0 Å². The Hall–Kier alpha value is -0.330. The Morgan fingerprint density at radius 3 is 2.47 bits per heavy atom. The van der Waals surface area contributed by atoms with Crippen molar-refractivity contribution in [3.05, 3.63) is 0 Å². The van der Waals surface area contributed by atoms with Gasteiger partial charge in [-0.05, 0) is 6.92 Å². The van der Waals surface area contributed by atoms with Crippen LogP contribution in [-0.4, -0.2) is 59.4 Å². The Bertz CT molecular complexity index is 240. The van der Waals surface area contributed by atoms with Gasteiger partial charge in [-0.25, -0.2) is 0 Å². The van der Waals surface area contributed by atoms with Crippen LogP contribution in [-0.2, 0) is 9.53 Å². The van der Waals surface area contributed by atoms with Crippen LogP contribution >= 0.6 is 24.8 Å². The van der Waals surface area contributed by atoms with Gasteiger partial charge in [-0.1, -0.05) is 12.2 Å². The van der Waals surface area contributed by atoms with Crippen LogP contribution in [0.25, 0.3) is 0 Å². The lowest BCUT2D eigenvalue weighted by Crippen LogP contribution is -2.48. The second-order valence-corrected chi connectivity index (χ2v) is 4.46. The van der Waals surface area contributed by atoms with Gasteiger partial charge in [-0.3, -0.25) is 9.69 Å². The molecule has 1 aliphatic rings. The number of ether oxygens (including phenoxy) is 1. The summed E-state index contributed by atoms with van der Waals surface area (Å²) < 4.78 is 5.51. The molecule has 1 rings (SSSR count). The molecule has 15 heavy (non-hydrogen) atoms. The number of thiocarbonyl (C=S) groups is 1. The Labute approximate surface area is 101 Å². The molecule has 1 saturated heterocycles. The highest BCUT2D eigenvalue weighted by Crippen LogP contribution is 2.04. The first kappa shape index (κ1) is 12.7. The van der Waals surface area contributed by atoms with Gasteiger partial charge in [0.2, 0.25) is 0 Å². The molecule has 0 amide bonds. The summed E-state index contributed by atoms with van der Waals surface area (Å²) in [5.41, 5.74) is 0. The van der Waals surface area contributed by atoms with Crippen molar-refractivity contribution < 1.29 is 9.53 Å². The molecule has 0 atom stereocenters. The van der Waals surface area contributed by atoms with E-state index in [1.165, 1.54) is 0 Å². The lowest BCUT2D eigenvalue weighted by Gasteiger charge is -2.34. The van der Waals surface area contributed by atoms with E-state index in [9.17, 15) is 4.79 Å². The summed E-state index contributed by atoms with van der Waals surface area (Å²) in [7, 11) is 0. The highest BCUT2D eigenvalue weighted by molar-refractivity contribution is 8.10. The van der Waals surface area contributed by atoms with Crippen molar-refractivity contribution in [2.24, 2.45) is 0 Å². The number of esters is 1. The van der Waals surface area contributed by atoms with Crippen LogP contribution in [0.3, 0.4) is 0 Å². The molecule has 0 aromatic carbocycles. The first-order valence-corrected chi connectivity index (χ1v) is 5.85. The van der Waals surface area contributed by atoms with Gasteiger partial charge in [0, 0.05) is 26.2 Å². The molecule has 0 aromatic heterocycles. The molecule has 0 N–H and O–H groups in total. The number of thiol groups is 1. The summed E-state index contributed by atoms with van der Waals surface area (Å²) in [6.07, 6.45) is 0. The highest BCUT2D eigenvalue weighted by atomic mass is 32.1. The van der Waals surface area contributed by atoms with Crippen LogP contribution in [0.1, 0.15) is 6.92 Å². The summed E-state index contributed by atoms with van der Waals surface area (Å²) in [6.45, 7) is 5.97. The maximum Gasteiger partial charge on any atom is 0.320 e. The van der Waals surface area contributed by atoms with Crippen LogP contribution in [0.2, 0.25) is 0 Å². The Kier molecular flexibility index (Phi) is 5.35. The van der Waals surface area contributed by atoms with E-state index in [2.05, 4.69) is 17.5 Å². The number of carbonyl (C=O) groups is 1. The molecule has 6 heteroatoms. The Balaban J connectivity index is 2.25. The van der Waals surface area contributed by atoms with Crippen LogP contribution in [0.4, 0.5) is 0 Å². The van der Waals surface area contributed by atoms with E-state index >= 15 is 0 Å². The second kappa shape index (κ2) is 6.30. The molecule has 0 aromatic rings. The number of piperazine rings is 1. The molecule has 1 heterocycles. The fourth-order valence-electron chi connectivity index (χ4n) is 1.49. The number of hydrogen-bond donors (Lipinski definition) is 1. The standard InChI is InChI=1S/C9H16N2O2S2/c1-2-13-8(12)7-10-3-5-11(6-4-10)9(14)15/h2-7H2,1H3,(H,14,15). The van der Waals surface area contributed by atoms with Crippen LogP contribution < -0.4 is 0 Å². The zero-order valence-corrected chi connectivity index (χ0v) is 10.5. The van der Waals surface area contributed by atoms with E-state index in [4.69, 9.17) is 17.0 Å². The monoisotopic (exact) mass is 248 g/mol. The van der Waals surface area contributed by atoms with Gasteiger partial charge < -0.3 is 9.64 Å². The summed E-state index contributed by atoms with van der Waals surface area (Å²) in [6, 6.07) is 0. The lowest BCUT2D eigenvalue weighted by molar-refractivity contribution is -0.144. The van der Waals surface area contributed by atoms with Gasteiger partial charge in [-0.2, -0.15) is 0 Å². The van der Waals surface area contributed by atoms with E-state index in [0.29, 0.717) is 17.5 Å². The van der Waals surface area contributed by atoms with Crippen molar-refractivity contribution in [2.45, 2.75) is 6.92 Å². The zero-order valence-electron chi connectivity index (χ0n) is 8.81. The van der Waals surface area contributed by atoms with Gasteiger partial charge in [0.15, 0.2) is 0 Å². The minimum absolute atomic E-state index is 0.153. The molecule has 0 spiro atoms. The highest BCUT2D eigenvalue weighted by Gasteiger charge is 2.19. The molecule has 1 fully saturated rings. The lowest BCUT2D eigenvalue weighted by atomic mass is 10.3. The van der Waals surface area contributed by atoms with Crippen molar-refractivity contribution in [1.29, 1.82) is 0 Å². The maximum absolute atomic E-state index is 11.2. The van der Waals surface area contributed by atoms with Crippen molar-refractivity contribution in [3.8, 4) is 0 Å². The summed E-state index contributed by atoms with van der Waals surface area (Å²) in [4.78, 5) is 15.3. The number of carbonyl (C=O) groups excluding carboxylic acids is 1. The third kappa shape index (κ3) is 4.36. The minimum Gasteiger partial charge on any atom is -0.465 e. The summed E-state index contributed by atoms with van der Waals surface area (Å²) in [5.74, 6) is -0.153. The van der Waals surface area contributed by atoms with Crippen LogP contribution in [0, 0.1) is 0 Å². The van der Waals surface area contributed by atoms with Crippen molar-refractivity contribution in [2.75, 3.05) is 39.3 Å². The number of nitrogens with zero attached hydrogens (tertiary/aromatic N) is 2. The predicted octanol–water partition coefficient (Wildman–Crippen LogP) is 0.382. The fraction of sp³-hybridized carbons (Fsp3) is 0.778. The molecule has 86 valence electrons. The quantitative estimate of drug-likeness (QED) is 0.444. The molecule has 1 aliphatic heterocycles. The maximum atomic E-state index is 11.2. The van der Waals surface area contributed by atoms with Gasteiger partial charge in [0.25, 0.3) is 0 Å². The summed E-state index contributed by atoms with van der Waals surface area (Å²) in [5, 5.41) is 0. The molecular formula is C9H16N2O2S2. The minimum atomic E-state index is -0.153. The number of rotatable bonds is 3. The van der Waals surface area contributed by atoms with Crippen molar-refractivity contribution in [1.82, 2.24) is 9.80 Å². The van der Waals surface area contributed by atoms with Gasteiger partial charge >= 0.3 is 5.97 Å². The molecule has 0 aliphatic carbocycles. The van der Waals surface area contributed by atoms with E-state index in [0.717, 1.165) is 26.2 Å². The van der Waals surface area contributed by atoms with E-state index in [1.807, 2.05) is 11.8 Å².